The van der Waals surface area contributed by atoms with Crippen LogP contribution < -0.4 is 9.13 Å². The van der Waals surface area contributed by atoms with Gasteiger partial charge in [0.05, 0.1) is 46.4 Å². The van der Waals surface area contributed by atoms with Crippen molar-refractivity contribution in [3.8, 4) is 0 Å². The van der Waals surface area contributed by atoms with Gasteiger partial charge in [-0.2, -0.15) is 0 Å². The molecule has 0 bridgehead atoms. The molecule has 0 aliphatic rings. The predicted octanol–water partition coefficient (Wildman–Crippen LogP) is 3.61. The second kappa shape index (κ2) is 21.1. The van der Waals surface area contributed by atoms with Crippen molar-refractivity contribution in [1.29, 1.82) is 0 Å². The van der Waals surface area contributed by atoms with Gasteiger partial charge in [0.1, 0.15) is 24.8 Å². The highest BCUT2D eigenvalue weighted by Gasteiger charge is 2.05. The van der Waals surface area contributed by atoms with Crippen LogP contribution in [0.25, 0.3) is 0 Å². The fraction of sp³-hybridized carbons (Fsp3) is 0.769. The minimum Gasteiger partial charge on any atom is -0.748 e. The van der Waals surface area contributed by atoms with Crippen molar-refractivity contribution in [1.82, 2.24) is 9.13 Å². The van der Waals surface area contributed by atoms with Crippen molar-refractivity contribution in [2.24, 2.45) is 0 Å². The minimum atomic E-state index is -3.92. The van der Waals surface area contributed by atoms with E-state index in [2.05, 4.69) is 69.6 Å². The third-order valence-electron chi connectivity index (χ3n) is 5.61. The van der Waals surface area contributed by atoms with E-state index in [1.165, 1.54) is 90.1 Å². The second-order valence-electron chi connectivity index (χ2n) is 9.72. The fourth-order valence-electron chi connectivity index (χ4n) is 3.79. The molecule has 222 valence electrons. The van der Waals surface area contributed by atoms with E-state index < -0.39 is 20.2 Å². The van der Waals surface area contributed by atoms with Crippen LogP contribution in [0.4, 0.5) is 0 Å². The molecule has 0 N–H and O–H groups in total. The molecule has 38 heavy (non-hydrogen) atoms. The highest BCUT2D eigenvalue weighted by Crippen LogP contribution is 2.03. The largest absolute Gasteiger partial charge is 0.748 e. The Bertz CT molecular complexity index is 949. The maximum absolute atomic E-state index is 9.08. The van der Waals surface area contributed by atoms with Gasteiger partial charge in [-0.05, 0) is 51.4 Å². The van der Waals surface area contributed by atoms with Crippen molar-refractivity contribution in [2.75, 3.05) is 12.5 Å². The zero-order valence-corrected chi connectivity index (χ0v) is 25.5. The third-order valence-corrected chi connectivity index (χ3v) is 5.61. The first kappa shape index (κ1) is 36.2. The van der Waals surface area contributed by atoms with Crippen molar-refractivity contribution < 1.29 is 35.1 Å². The molecule has 0 aliphatic heterocycles. The summed E-state index contributed by atoms with van der Waals surface area (Å²) in [6, 6.07) is 0. The van der Waals surface area contributed by atoms with Gasteiger partial charge in [0.2, 0.25) is 12.7 Å². The summed E-state index contributed by atoms with van der Waals surface area (Å²) in [7, 11) is -7.83. The van der Waals surface area contributed by atoms with Gasteiger partial charge < -0.3 is 9.11 Å². The number of rotatable bonds is 17. The van der Waals surface area contributed by atoms with Crippen LogP contribution in [0.15, 0.2) is 37.4 Å². The Hall–Kier alpha value is -1.76. The van der Waals surface area contributed by atoms with Gasteiger partial charge in [-0.25, -0.2) is 35.1 Å². The van der Waals surface area contributed by atoms with Gasteiger partial charge in [-0.15, -0.1) is 0 Å². The van der Waals surface area contributed by atoms with Crippen LogP contribution in [0.1, 0.15) is 90.9 Å². The van der Waals surface area contributed by atoms with E-state index in [0.29, 0.717) is 12.5 Å². The molecule has 2 heterocycles. The lowest BCUT2D eigenvalue weighted by atomic mass is 10.2. The molecule has 0 saturated carbocycles. The zero-order valence-electron chi connectivity index (χ0n) is 23.8. The average Bonchev–Trinajstić information content (AvgIpc) is 3.44. The quantitative estimate of drug-likeness (QED) is 0.160. The molecule has 0 unspecified atom stereocenters. The molecule has 10 nitrogen and oxygen atoms in total. The Morgan fingerprint density at radius 2 is 0.895 bits per heavy atom. The molecule has 0 aliphatic carbocycles. The Labute approximate surface area is 231 Å². The van der Waals surface area contributed by atoms with Crippen LogP contribution in [0.3, 0.4) is 0 Å². The van der Waals surface area contributed by atoms with Gasteiger partial charge in [-0.1, -0.05) is 39.5 Å². The molecule has 0 spiro atoms. The van der Waals surface area contributed by atoms with Crippen molar-refractivity contribution >= 4 is 20.2 Å². The molecular weight excluding hydrogens is 528 g/mol. The Balaban J connectivity index is 0.00000116. The Morgan fingerprint density at radius 3 is 1.21 bits per heavy atom. The molecular formula is C26H50N4O6S2. The smallest absolute Gasteiger partial charge is 0.243 e. The lowest BCUT2D eigenvalue weighted by Gasteiger charge is -2.00. The number of unbranched alkanes of at least 4 members (excludes halogenated alkanes) is 9. The molecule has 2 rings (SSSR count). The van der Waals surface area contributed by atoms with Crippen LogP contribution in [0.2, 0.25) is 0 Å². The van der Waals surface area contributed by atoms with Crippen LogP contribution in [-0.2, 0) is 46.4 Å². The van der Waals surface area contributed by atoms with Crippen LogP contribution in [0.5, 0.6) is 0 Å². The first-order valence-electron chi connectivity index (χ1n) is 13.7. The number of hydrogen-bond donors (Lipinski definition) is 0. The summed E-state index contributed by atoms with van der Waals surface area (Å²) in [4.78, 5) is 0. The summed E-state index contributed by atoms with van der Waals surface area (Å²) in [5, 5.41) is 0. The van der Waals surface area contributed by atoms with Crippen molar-refractivity contribution in [3.63, 3.8) is 0 Å². The Kier molecular flexibility index (Phi) is 20.1. The molecule has 12 heteroatoms. The van der Waals surface area contributed by atoms with Crippen LogP contribution in [-0.4, -0.2) is 47.6 Å². The first-order valence-corrected chi connectivity index (χ1v) is 17.4. The van der Waals surface area contributed by atoms with Crippen molar-refractivity contribution in [2.45, 2.75) is 117 Å². The summed E-state index contributed by atoms with van der Waals surface area (Å²) >= 11 is 0. The molecule has 0 aromatic carbocycles. The lowest BCUT2D eigenvalue weighted by Crippen LogP contribution is -2.31. The first-order chi connectivity index (χ1) is 17.8. The summed E-state index contributed by atoms with van der Waals surface area (Å²) in [6.45, 7) is 9.19. The van der Waals surface area contributed by atoms with Crippen LogP contribution in [0, 0.1) is 0 Å². The summed E-state index contributed by atoms with van der Waals surface area (Å²) in [6.07, 6.45) is 30.6. The van der Waals surface area contributed by atoms with Gasteiger partial charge in [0, 0.05) is 12.5 Å². The van der Waals surface area contributed by atoms with Crippen LogP contribution >= 0.6 is 0 Å². The van der Waals surface area contributed by atoms with Gasteiger partial charge in [0.15, 0.2) is 0 Å². The fourth-order valence-corrected chi connectivity index (χ4v) is 3.79. The van der Waals surface area contributed by atoms with Gasteiger partial charge in [0.25, 0.3) is 0 Å². The zero-order chi connectivity index (χ0) is 28.9. The highest BCUT2D eigenvalue weighted by atomic mass is 32.2. The molecule has 2 aromatic heterocycles. The molecule has 0 amide bonds. The number of aromatic nitrogens is 4. The molecule has 0 radical (unpaired) electrons. The standard InChI is InChI=1S/C24H44N4.2CH4O3S/c1-3-5-7-11-15-25-19-21-27(23-25)17-13-9-10-14-18-28-22-20-26(24-28)16-12-8-6-4-2;2*1-5(2,3)4/h19-24H,3-18H2,1-2H3;2*1H3,(H,2,3,4)/q+2;;/p-2. The topological polar surface area (TPSA) is 132 Å². The monoisotopic (exact) mass is 578 g/mol. The van der Waals surface area contributed by atoms with E-state index in [-0.39, 0.29) is 0 Å². The minimum absolute atomic E-state index is 0.604. The van der Waals surface area contributed by atoms with E-state index >= 15 is 0 Å². The molecule has 0 fully saturated rings. The second-order valence-corrected chi connectivity index (χ2v) is 12.5. The molecule has 0 saturated heterocycles. The van der Waals surface area contributed by atoms with E-state index in [1.807, 2.05) is 0 Å². The third kappa shape index (κ3) is 27.3. The van der Waals surface area contributed by atoms with Crippen molar-refractivity contribution in [3.05, 3.63) is 37.4 Å². The van der Waals surface area contributed by atoms with E-state index in [4.69, 9.17) is 25.9 Å². The number of hydrogen-bond acceptors (Lipinski definition) is 6. The normalized spacial score (nSPS) is 11.4. The summed E-state index contributed by atoms with van der Waals surface area (Å²) in [5.41, 5.74) is 0. The highest BCUT2D eigenvalue weighted by molar-refractivity contribution is 7.85. The number of aryl methyl sites for hydroxylation is 4. The number of imidazole rings is 2. The maximum Gasteiger partial charge on any atom is 0.243 e. The maximum atomic E-state index is 9.08. The SMILES string of the molecule is CCCCCCn1cc[n+](CCCCCC[n+]2ccn(CCCCCC)c2)c1.CS(=O)(=O)[O-].CS(=O)(=O)[O-]. The summed E-state index contributed by atoms with van der Waals surface area (Å²) in [5.74, 6) is 0. The van der Waals surface area contributed by atoms with E-state index in [0.717, 1.165) is 13.1 Å². The Morgan fingerprint density at radius 1 is 0.579 bits per heavy atom. The van der Waals surface area contributed by atoms with E-state index in [1.54, 1.807) is 0 Å². The average molecular weight is 579 g/mol. The lowest BCUT2D eigenvalue weighted by molar-refractivity contribution is -0.698. The summed E-state index contributed by atoms with van der Waals surface area (Å²) < 4.78 is 63.9. The number of nitrogens with zero attached hydrogens (tertiary/aromatic N) is 4. The molecule has 2 aromatic rings. The van der Waals surface area contributed by atoms with Gasteiger partial charge in [-0.3, -0.25) is 0 Å². The molecule has 0 atom stereocenters. The predicted molar refractivity (Wildman–Crippen MR) is 147 cm³/mol. The van der Waals surface area contributed by atoms with Gasteiger partial charge >= 0.3 is 0 Å². The van der Waals surface area contributed by atoms with E-state index in [9.17, 15) is 0 Å².